The summed E-state index contributed by atoms with van der Waals surface area (Å²) in [6.45, 7) is -0.413. The fraction of sp³-hybridized carbons (Fsp3) is 0.207. The van der Waals surface area contributed by atoms with Gasteiger partial charge in [-0.15, -0.1) is 0 Å². The third-order valence-corrected chi connectivity index (χ3v) is 8.93. The first-order chi connectivity index (χ1) is 19.8. The zero-order valence-corrected chi connectivity index (χ0v) is 23.8. The predicted molar refractivity (Wildman–Crippen MR) is 157 cm³/mol. The Morgan fingerprint density at radius 1 is 0.951 bits per heavy atom. The number of esters is 1. The molecule has 0 bridgehead atoms. The highest BCUT2D eigenvalue weighted by Crippen LogP contribution is 2.19. The maximum atomic E-state index is 13.2. The lowest BCUT2D eigenvalue weighted by Gasteiger charge is -2.37. The van der Waals surface area contributed by atoms with Gasteiger partial charge in [-0.3, -0.25) is 24.5 Å². The van der Waals surface area contributed by atoms with E-state index in [9.17, 15) is 29.3 Å². The molecule has 12 heteroatoms. The zero-order valence-electron chi connectivity index (χ0n) is 21.7. The minimum atomic E-state index is -1.17. The Bertz CT molecular complexity index is 1450. The van der Waals surface area contributed by atoms with Crippen LogP contribution < -0.4 is 15.4 Å². The number of benzene rings is 3. The average Bonchev–Trinajstić information content (AvgIpc) is 2.99. The topological polar surface area (TPSA) is 154 Å². The van der Waals surface area contributed by atoms with Gasteiger partial charge in [0.25, 0.3) is 11.6 Å². The maximum absolute atomic E-state index is 13.2. The number of para-hydroxylation sites is 1. The predicted octanol–water partition coefficient (Wildman–Crippen LogP) is 3.06. The highest BCUT2D eigenvalue weighted by atomic mass is 127. The molecule has 11 nitrogen and oxygen atoms in total. The molecule has 0 aromatic heterocycles. The van der Waals surface area contributed by atoms with Crippen molar-refractivity contribution in [2.45, 2.75) is 31.5 Å². The van der Waals surface area contributed by atoms with Crippen LogP contribution in [0.4, 0.5) is 5.69 Å². The van der Waals surface area contributed by atoms with Gasteiger partial charge in [0.15, 0.2) is 12.4 Å². The van der Waals surface area contributed by atoms with Gasteiger partial charge >= 0.3 is 5.97 Å². The summed E-state index contributed by atoms with van der Waals surface area (Å²) in [6.07, 6.45) is 0.180. The Balaban J connectivity index is 1.35. The first-order valence-electron chi connectivity index (χ1n) is 12.6. The van der Waals surface area contributed by atoms with Crippen molar-refractivity contribution in [1.29, 1.82) is 0 Å². The number of rotatable bonds is 13. The van der Waals surface area contributed by atoms with Crippen molar-refractivity contribution in [3.63, 3.8) is 0 Å². The number of β-lactam (4-membered cyclic amide) rings is 1. The summed E-state index contributed by atoms with van der Waals surface area (Å²) in [4.78, 5) is 61.0. The van der Waals surface area contributed by atoms with E-state index in [1.54, 1.807) is 24.3 Å². The van der Waals surface area contributed by atoms with Crippen molar-refractivity contribution >= 4 is 53.5 Å². The second kappa shape index (κ2) is 14.3. The Hall–Kier alpha value is -4.46. The van der Waals surface area contributed by atoms with Crippen molar-refractivity contribution in [2.75, 3.05) is 6.61 Å². The minimum absolute atomic E-state index is 0.0354. The van der Waals surface area contributed by atoms with E-state index in [-0.39, 0.29) is 41.2 Å². The second-order valence-electron chi connectivity index (χ2n) is 8.93. The largest absolute Gasteiger partial charge is 0.484 e. The van der Waals surface area contributed by atoms with Gasteiger partial charge in [-0.05, 0) is 48.4 Å². The number of nitro groups is 1. The standard InChI is InChI=1S/C29H26IN3O8/c34-24(16-15-23-27(28(36)31-23)32-25(35)18-40-22-9-5-2-6-10-22)26(30-20-7-3-1-4-8-20)29(37)41-17-19-11-13-21(14-12-19)33(38)39/h1-14,23,27H,15-18H2,(H,31,36)(H,32,35)/t23-,27+/m1/s1. The van der Waals surface area contributed by atoms with Crippen molar-refractivity contribution in [2.24, 2.45) is 0 Å². The molecule has 0 saturated carbocycles. The monoisotopic (exact) mass is 671 g/mol. The van der Waals surface area contributed by atoms with Gasteiger partial charge in [-0.2, -0.15) is 0 Å². The number of amides is 2. The fourth-order valence-corrected chi connectivity index (χ4v) is 6.19. The highest BCUT2D eigenvalue weighted by Gasteiger charge is 2.40. The number of non-ortho nitro benzene ring substituents is 1. The molecule has 1 saturated heterocycles. The molecule has 1 heterocycles. The van der Waals surface area contributed by atoms with E-state index < -0.39 is 55.4 Å². The number of hydrogen-bond acceptors (Lipinski definition) is 8. The third kappa shape index (κ3) is 8.51. The number of hydrogen-bond donors (Lipinski definition) is 2. The van der Waals surface area contributed by atoms with Crippen molar-refractivity contribution in [3.05, 3.63) is 104 Å². The van der Waals surface area contributed by atoms with Crippen LogP contribution in [0, 0.1) is 13.7 Å². The first-order valence-corrected chi connectivity index (χ1v) is 14.7. The van der Waals surface area contributed by atoms with E-state index in [4.69, 9.17) is 9.47 Å². The lowest BCUT2D eigenvalue weighted by atomic mass is 9.93. The smallest absolute Gasteiger partial charge is 0.347 e. The van der Waals surface area contributed by atoms with Gasteiger partial charge in [0.1, 0.15) is 21.9 Å². The maximum Gasteiger partial charge on any atom is 0.347 e. The van der Waals surface area contributed by atoms with Crippen molar-refractivity contribution in [3.8, 4) is 5.75 Å². The molecule has 1 fully saturated rings. The third-order valence-electron chi connectivity index (χ3n) is 6.00. The van der Waals surface area contributed by atoms with E-state index >= 15 is 0 Å². The lowest BCUT2D eigenvalue weighted by Crippen LogP contribution is -2.69. The van der Waals surface area contributed by atoms with Crippen molar-refractivity contribution in [1.82, 2.24) is 10.6 Å². The van der Waals surface area contributed by atoms with E-state index in [1.807, 2.05) is 36.4 Å². The fourth-order valence-electron chi connectivity index (χ4n) is 3.84. The van der Waals surface area contributed by atoms with Gasteiger partial charge in [-0.25, -0.2) is 4.79 Å². The number of nitro benzene ring substituents is 1. The van der Waals surface area contributed by atoms with Crippen LogP contribution in [-0.2, 0) is 30.5 Å². The van der Waals surface area contributed by atoms with Crippen molar-refractivity contribution < 1.29 is 33.6 Å². The summed E-state index contributed by atoms with van der Waals surface area (Å²) in [5.74, 6) is -1.45. The number of nitrogens with zero attached hydrogens (tertiary/aromatic N) is 1. The first kappa shape index (κ1) is 29.5. The van der Waals surface area contributed by atoms with E-state index in [0.29, 0.717) is 11.3 Å². The molecule has 0 radical (unpaired) electrons. The summed E-state index contributed by atoms with van der Waals surface area (Å²) in [7, 11) is 0. The van der Waals surface area contributed by atoms with E-state index in [0.717, 1.165) is 3.57 Å². The van der Waals surface area contributed by atoms with E-state index in [1.165, 1.54) is 24.3 Å². The highest BCUT2D eigenvalue weighted by molar-refractivity contribution is 14.2. The molecule has 0 unspecified atom stereocenters. The Kier molecular flexibility index (Phi) is 10.3. The van der Waals surface area contributed by atoms with Crippen LogP contribution in [-0.4, -0.2) is 50.7 Å². The zero-order chi connectivity index (χ0) is 29.2. The molecular weight excluding hydrogens is 645 g/mol. The van der Waals surface area contributed by atoms with Gasteiger partial charge in [0.2, 0.25) is 5.91 Å². The number of halogens is 1. The molecule has 0 aliphatic carbocycles. The molecule has 2 amide bonds. The molecular formula is C29H26IN3O8. The molecule has 0 spiro atoms. The number of carbonyl (C=O) groups excluding carboxylic acids is 4. The van der Waals surface area contributed by atoms with Crippen LogP contribution in [0.3, 0.4) is 0 Å². The summed E-state index contributed by atoms with van der Waals surface area (Å²) in [6, 6.07) is 22.2. The number of carbonyl (C=O) groups is 4. The number of ether oxygens (including phenoxy) is 2. The van der Waals surface area contributed by atoms with Gasteiger partial charge in [0.05, 0.1) is 11.0 Å². The molecule has 2 atom stereocenters. The summed E-state index contributed by atoms with van der Waals surface area (Å²) in [5, 5.41) is 16.2. The Morgan fingerprint density at radius 2 is 1.61 bits per heavy atom. The minimum Gasteiger partial charge on any atom is -0.484 e. The summed E-state index contributed by atoms with van der Waals surface area (Å²) in [5.41, 5.74) is 0.458. The Morgan fingerprint density at radius 3 is 2.24 bits per heavy atom. The van der Waals surface area contributed by atoms with Crippen LogP contribution in [0.25, 0.3) is 0 Å². The molecule has 3 aromatic rings. The van der Waals surface area contributed by atoms with Crippen LogP contribution in [0.1, 0.15) is 18.4 Å². The number of ketones is 1. The van der Waals surface area contributed by atoms with Gasteiger partial charge in [0, 0.05) is 22.1 Å². The molecule has 41 heavy (non-hydrogen) atoms. The normalized spacial score (nSPS) is 16.3. The van der Waals surface area contributed by atoms with Crippen LogP contribution >= 0.6 is 20.7 Å². The molecule has 1 aliphatic rings. The number of nitrogens with one attached hydrogen (secondary N) is 2. The number of Topliss-reactive ketones (excluding diaryl/α,β-unsaturated/α-hetero) is 1. The second-order valence-corrected chi connectivity index (χ2v) is 11.8. The van der Waals surface area contributed by atoms with Crippen LogP contribution in [0.2, 0.25) is 0 Å². The lowest BCUT2D eigenvalue weighted by molar-refractivity contribution is -0.384. The SMILES string of the molecule is O=C(COc1ccccc1)N[C@@H]1C(=O)N[C@@H]1CCC(=O)C(=Ic1ccccc1)C(=O)OCc1ccc([N+](=O)[O-])cc1. The summed E-state index contributed by atoms with van der Waals surface area (Å²) < 4.78 is 11.7. The Labute approximate surface area is 245 Å². The van der Waals surface area contributed by atoms with Crippen LogP contribution in [0.5, 0.6) is 5.75 Å². The van der Waals surface area contributed by atoms with Gasteiger partial charge in [-0.1, -0.05) is 57.1 Å². The van der Waals surface area contributed by atoms with E-state index in [2.05, 4.69) is 10.6 Å². The molecule has 4 rings (SSSR count). The quantitative estimate of drug-likeness (QED) is 0.0703. The van der Waals surface area contributed by atoms with Gasteiger partial charge < -0.3 is 20.1 Å². The van der Waals surface area contributed by atoms with Crippen LogP contribution in [0.15, 0.2) is 84.9 Å². The molecule has 1 aliphatic heterocycles. The molecule has 2 N–H and O–H groups in total. The molecule has 3 aromatic carbocycles. The summed E-state index contributed by atoms with van der Waals surface area (Å²) >= 11 is -1.17. The average molecular weight is 671 g/mol. The molecule has 212 valence electrons.